The Bertz CT molecular complexity index is 939. The quantitative estimate of drug-likeness (QED) is 0.582. The van der Waals surface area contributed by atoms with Crippen LogP contribution in [-0.4, -0.2) is 30.6 Å². The van der Waals surface area contributed by atoms with Gasteiger partial charge in [0, 0.05) is 29.3 Å². The van der Waals surface area contributed by atoms with Gasteiger partial charge in [-0.15, -0.1) is 0 Å². The molecule has 1 aromatic rings. The number of carbonyl (C=O) groups is 2. The van der Waals surface area contributed by atoms with Gasteiger partial charge in [0.15, 0.2) is 17.3 Å². The average molecular weight is 397 g/mol. The largest absolute Gasteiger partial charge is 0.504 e. The molecule has 0 unspecified atom stereocenters. The Kier molecular flexibility index (Phi) is 5.55. The minimum absolute atomic E-state index is 0.00214. The van der Waals surface area contributed by atoms with E-state index in [0.717, 1.165) is 5.70 Å². The summed E-state index contributed by atoms with van der Waals surface area (Å²) in [5.74, 6) is -0.824. The Labute approximate surface area is 170 Å². The molecule has 0 saturated heterocycles. The number of aromatic hydroxyl groups is 1. The Morgan fingerprint density at radius 3 is 2.76 bits per heavy atom. The minimum atomic E-state index is -0.596. The van der Waals surface area contributed by atoms with Gasteiger partial charge in [-0.1, -0.05) is 32.6 Å². The van der Waals surface area contributed by atoms with Crippen LogP contribution in [0.25, 0.3) is 0 Å². The monoisotopic (exact) mass is 397 g/mol. The van der Waals surface area contributed by atoms with Gasteiger partial charge >= 0.3 is 5.97 Å². The fourth-order valence-corrected chi connectivity index (χ4v) is 4.13. The Hall–Kier alpha value is -3.02. The number of dihydropyridines is 1. The number of carbonyl (C=O) groups excluding carboxylic acids is 2. The lowest BCUT2D eigenvalue weighted by atomic mass is 9.68. The van der Waals surface area contributed by atoms with Crippen molar-refractivity contribution >= 4 is 11.8 Å². The summed E-state index contributed by atoms with van der Waals surface area (Å²) in [6, 6.07) is 4.88. The van der Waals surface area contributed by atoms with E-state index in [4.69, 9.17) is 9.47 Å². The molecule has 2 aliphatic rings. The van der Waals surface area contributed by atoms with Gasteiger partial charge in [0.05, 0.1) is 12.7 Å². The van der Waals surface area contributed by atoms with Gasteiger partial charge in [-0.25, -0.2) is 4.79 Å². The van der Waals surface area contributed by atoms with E-state index in [0.29, 0.717) is 35.2 Å². The fraction of sp³-hybridized carbons (Fsp3) is 0.391. The van der Waals surface area contributed by atoms with Gasteiger partial charge in [-0.3, -0.25) is 4.79 Å². The van der Waals surface area contributed by atoms with Crippen LogP contribution in [0.4, 0.5) is 0 Å². The van der Waals surface area contributed by atoms with Gasteiger partial charge in [0.1, 0.15) is 6.61 Å². The highest BCUT2D eigenvalue weighted by Gasteiger charge is 2.43. The van der Waals surface area contributed by atoms with E-state index in [1.165, 1.54) is 19.3 Å². The van der Waals surface area contributed by atoms with E-state index in [1.807, 2.05) is 6.92 Å². The number of benzene rings is 1. The molecule has 0 aromatic heterocycles. The molecule has 6 heteroatoms. The van der Waals surface area contributed by atoms with Crippen molar-refractivity contribution in [3.8, 4) is 11.5 Å². The number of nitrogens with one attached hydrogen (secondary N) is 1. The summed E-state index contributed by atoms with van der Waals surface area (Å²) in [5.41, 5.74) is 2.97. The minimum Gasteiger partial charge on any atom is -0.504 e. The summed E-state index contributed by atoms with van der Waals surface area (Å²) in [6.07, 6.45) is 2.60. The molecule has 2 N–H and O–H groups in total. The first kappa shape index (κ1) is 20.7. The maximum absolute atomic E-state index is 13.2. The first-order valence-corrected chi connectivity index (χ1v) is 9.57. The third kappa shape index (κ3) is 3.92. The molecular formula is C23H27NO5. The molecule has 0 fully saturated rings. The first-order valence-electron chi connectivity index (χ1n) is 9.57. The third-order valence-electron chi connectivity index (χ3n) is 5.33. The zero-order valence-corrected chi connectivity index (χ0v) is 17.3. The molecule has 0 amide bonds. The number of esters is 1. The predicted octanol–water partition coefficient (Wildman–Crippen LogP) is 3.73. The number of ether oxygens (including phenoxy) is 2. The number of ketones is 1. The smallest absolute Gasteiger partial charge is 0.337 e. The highest BCUT2D eigenvalue weighted by atomic mass is 16.5. The summed E-state index contributed by atoms with van der Waals surface area (Å²) < 4.78 is 10.6. The van der Waals surface area contributed by atoms with E-state index in [2.05, 4.69) is 25.7 Å². The second kappa shape index (κ2) is 7.78. The van der Waals surface area contributed by atoms with Crippen LogP contribution in [0.3, 0.4) is 0 Å². The summed E-state index contributed by atoms with van der Waals surface area (Å²) in [6.45, 7) is 9.59. The maximum Gasteiger partial charge on any atom is 0.337 e. The van der Waals surface area contributed by atoms with E-state index >= 15 is 0 Å². The summed E-state index contributed by atoms with van der Waals surface area (Å²) in [7, 11) is 1.46. The molecule has 0 radical (unpaired) electrons. The fourth-order valence-electron chi connectivity index (χ4n) is 4.13. The molecule has 29 heavy (non-hydrogen) atoms. The summed E-state index contributed by atoms with van der Waals surface area (Å²) in [4.78, 5) is 26.1. The Morgan fingerprint density at radius 1 is 1.38 bits per heavy atom. The van der Waals surface area contributed by atoms with Gasteiger partial charge < -0.3 is 19.9 Å². The van der Waals surface area contributed by atoms with Crippen molar-refractivity contribution in [2.75, 3.05) is 13.7 Å². The van der Waals surface area contributed by atoms with Crippen molar-refractivity contribution in [1.29, 1.82) is 0 Å². The number of Topliss-reactive ketones (excluding diaryl/α,β-unsaturated/α-hetero) is 1. The average Bonchev–Trinajstić information content (AvgIpc) is 2.64. The van der Waals surface area contributed by atoms with E-state index in [9.17, 15) is 14.7 Å². The van der Waals surface area contributed by atoms with Crippen molar-refractivity contribution in [3.63, 3.8) is 0 Å². The number of phenolic OH excluding ortho intramolecular Hbond substituents is 1. The van der Waals surface area contributed by atoms with Crippen LogP contribution < -0.4 is 10.1 Å². The summed E-state index contributed by atoms with van der Waals surface area (Å²) >= 11 is 0. The van der Waals surface area contributed by atoms with Crippen molar-refractivity contribution in [1.82, 2.24) is 5.32 Å². The van der Waals surface area contributed by atoms with Crippen LogP contribution in [0.1, 0.15) is 45.1 Å². The van der Waals surface area contributed by atoms with E-state index < -0.39 is 11.9 Å². The van der Waals surface area contributed by atoms with Crippen LogP contribution in [0.5, 0.6) is 11.5 Å². The first-order chi connectivity index (χ1) is 13.7. The molecule has 1 aliphatic heterocycles. The lowest BCUT2D eigenvalue weighted by Gasteiger charge is -2.39. The molecule has 1 atom stereocenters. The van der Waals surface area contributed by atoms with Crippen molar-refractivity contribution in [3.05, 3.63) is 59.0 Å². The van der Waals surface area contributed by atoms with Crippen LogP contribution in [-0.2, 0) is 14.3 Å². The van der Waals surface area contributed by atoms with E-state index in [1.54, 1.807) is 12.1 Å². The molecule has 1 heterocycles. The molecule has 0 bridgehead atoms. The molecular weight excluding hydrogens is 370 g/mol. The van der Waals surface area contributed by atoms with Crippen LogP contribution in [0.15, 0.2) is 53.4 Å². The Balaban J connectivity index is 2.18. The zero-order chi connectivity index (χ0) is 21.3. The topological polar surface area (TPSA) is 84.9 Å². The number of hydrogen-bond donors (Lipinski definition) is 2. The lowest BCUT2D eigenvalue weighted by Crippen LogP contribution is -2.38. The number of rotatable bonds is 5. The molecule has 154 valence electrons. The third-order valence-corrected chi connectivity index (χ3v) is 5.33. The number of hydrogen-bond acceptors (Lipinski definition) is 6. The van der Waals surface area contributed by atoms with Crippen LogP contribution >= 0.6 is 0 Å². The molecule has 1 aliphatic carbocycles. The van der Waals surface area contributed by atoms with Crippen molar-refractivity contribution in [2.45, 2.75) is 39.5 Å². The lowest BCUT2D eigenvalue weighted by molar-refractivity contribution is -0.138. The van der Waals surface area contributed by atoms with E-state index in [-0.39, 0.29) is 29.3 Å². The number of methoxy groups -OCH3 is 1. The second-order valence-electron chi connectivity index (χ2n) is 8.25. The number of allylic oxidation sites excluding steroid dienone is 3. The maximum atomic E-state index is 13.2. The van der Waals surface area contributed by atoms with Crippen molar-refractivity contribution < 1.29 is 24.2 Å². The highest BCUT2D eigenvalue weighted by Crippen LogP contribution is 2.47. The highest BCUT2D eigenvalue weighted by molar-refractivity contribution is 6.04. The molecule has 0 saturated carbocycles. The normalized spacial score (nSPS) is 20.7. The summed E-state index contributed by atoms with van der Waals surface area (Å²) in [5, 5.41) is 13.3. The van der Waals surface area contributed by atoms with Gasteiger partial charge in [-0.05, 0) is 36.5 Å². The van der Waals surface area contributed by atoms with Crippen LogP contribution in [0, 0.1) is 5.41 Å². The van der Waals surface area contributed by atoms with Gasteiger partial charge in [0.25, 0.3) is 0 Å². The Morgan fingerprint density at radius 2 is 2.10 bits per heavy atom. The standard InChI is InChI=1S/C23H27NO5/c1-6-9-29-22(27)19-13(2)24-15-11-23(3,4)12-17(26)21(15)20(19)14-7-8-16(25)18(10-14)28-5/h6-8,10,20,24-25H,1,9,11-12H2,2-5H3/t20-/m1/s1. The molecule has 1 aromatic carbocycles. The van der Waals surface area contributed by atoms with Gasteiger partial charge in [0.2, 0.25) is 0 Å². The number of phenols is 1. The zero-order valence-electron chi connectivity index (χ0n) is 17.3. The molecule has 0 spiro atoms. The predicted molar refractivity (Wildman–Crippen MR) is 109 cm³/mol. The van der Waals surface area contributed by atoms with Crippen LogP contribution in [0.2, 0.25) is 0 Å². The SMILES string of the molecule is C=CCOC(=O)C1=C(C)NC2=C(C(=O)CC(C)(C)C2)[C@@H]1c1ccc(O)c(OC)c1. The molecule has 6 nitrogen and oxygen atoms in total. The van der Waals surface area contributed by atoms with Crippen molar-refractivity contribution in [2.24, 2.45) is 5.41 Å². The van der Waals surface area contributed by atoms with Gasteiger partial charge in [-0.2, -0.15) is 0 Å². The second-order valence-corrected chi connectivity index (χ2v) is 8.25. The molecule has 3 rings (SSSR count).